The smallest absolute Gasteiger partial charge is 0.317 e. The molecular formula is C13H17BrN2O4. The molecule has 1 aromatic carbocycles. The van der Waals surface area contributed by atoms with E-state index in [-0.39, 0.29) is 19.0 Å². The van der Waals surface area contributed by atoms with E-state index in [0.29, 0.717) is 18.8 Å². The van der Waals surface area contributed by atoms with Gasteiger partial charge < -0.3 is 15.2 Å². The average molecular weight is 345 g/mol. The molecule has 0 aliphatic heterocycles. The summed E-state index contributed by atoms with van der Waals surface area (Å²) >= 11 is 3.31. The Labute approximate surface area is 125 Å². The molecule has 0 saturated carbocycles. The van der Waals surface area contributed by atoms with Crippen LogP contribution in [0.15, 0.2) is 28.7 Å². The summed E-state index contributed by atoms with van der Waals surface area (Å²) in [5, 5.41) is 11.5. The van der Waals surface area contributed by atoms with Crippen molar-refractivity contribution >= 4 is 33.5 Å². The highest BCUT2D eigenvalue weighted by Gasteiger charge is 2.14. The highest BCUT2D eigenvalue weighted by molar-refractivity contribution is 9.10. The van der Waals surface area contributed by atoms with Crippen molar-refractivity contribution < 1.29 is 19.4 Å². The summed E-state index contributed by atoms with van der Waals surface area (Å²) in [6.45, 7) is 0.559. The van der Waals surface area contributed by atoms with Gasteiger partial charge in [-0.15, -0.1) is 0 Å². The molecule has 0 aromatic heterocycles. The van der Waals surface area contributed by atoms with E-state index >= 15 is 0 Å². The van der Waals surface area contributed by atoms with Crippen LogP contribution in [0.2, 0.25) is 0 Å². The van der Waals surface area contributed by atoms with Crippen molar-refractivity contribution in [2.45, 2.75) is 0 Å². The summed E-state index contributed by atoms with van der Waals surface area (Å²) in [5.41, 5.74) is 0.659. The summed E-state index contributed by atoms with van der Waals surface area (Å²) in [5.74, 6) is -1.24. The van der Waals surface area contributed by atoms with Crippen molar-refractivity contribution in [3.63, 3.8) is 0 Å². The molecule has 20 heavy (non-hydrogen) atoms. The van der Waals surface area contributed by atoms with Gasteiger partial charge in [0.25, 0.3) is 0 Å². The Morgan fingerprint density at radius 2 is 2.15 bits per heavy atom. The monoisotopic (exact) mass is 344 g/mol. The first-order valence-electron chi connectivity index (χ1n) is 5.99. The molecule has 1 aromatic rings. The maximum Gasteiger partial charge on any atom is 0.317 e. The molecule has 0 aliphatic carbocycles. The fraction of sp³-hybridized carbons (Fsp3) is 0.385. The van der Waals surface area contributed by atoms with Gasteiger partial charge in [0.2, 0.25) is 5.91 Å². The number of rotatable bonds is 8. The van der Waals surface area contributed by atoms with E-state index < -0.39 is 5.97 Å². The lowest BCUT2D eigenvalue weighted by molar-refractivity contribution is -0.138. The lowest BCUT2D eigenvalue weighted by Crippen LogP contribution is -2.38. The number of hydrogen-bond acceptors (Lipinski definition) is 4. The number of carbonyl (C=O) groups excluding carboxylic acids is 1. The van der Waals surface area contributed by atoms with Gasteiger partial charge in [0.1, 0.15) is 0 Å². The first-order chi connectivity index (χ1) is 9.51. The predicted molar refractivity (Wildman–Crippen MR) is 78.7 cm³/mol. The van der Waals surface area contributed by atoms with Gasteiger partial charge >= 0.3 is 5.97 Å². The molecule has 6 nitrogen and oxygen atoms in total. The third-order valence-electron chi connectivity index (χ3n) is 2.45. The standard InChI is InChI=1S/C13H17BrN2O4/c1-20-6-5-16(9-13(18)19)8-12(17)15-11-4-2-3-10(14)7-11/h2-4,7H,5-6,8-9H2,1H3,(H,15,17)(H,18,19). The SMILES string of the molecule is COCCN(CC(=O)O)CC(=O)Nc1cccc(Br)c1. The Morgan fingerprint density at radius 3 is 2.75 bits per heavy atom. The Balaban J connectivity index is 2.54. The molecule has 1 amide bonds. The van der Waals surface area contributed by atoms with Gasteiger partial charge in [0.15, 0.2) is 0 Å². The van der Waals surface area contributed by atoms with Crippen LogP contribution in [-0.4, -0.2) is 55.2 Å². The molecule has 0 saturated heterocycles. The van der Waals surface area contributed by atoms with E-state index in [1.165, 1.54) is 12.0 Å². The molecule has 0 radical (unpaired) electrons. The number of hydrogen-bond donors (Lipinski definition) is 2. The van der Waals surface area contributed by atoms with Crippen LogP contribution in [0.4, 0.5) is 5.69 Å². The first-order valence-corrected chi connectivity index (χ1v) is 6.79. The molecule has 0 atom stereocenters. The molecule has 0 spiro atoms. The van der Waals surface area contributed by atoms with Crippen LogP contribution in [0.25, 0.3) is 0 Å². The highest BCUT2D eigenvalue weighted by atomic mass is 79.9. The largest absolute Gasteiger partial charge is 0.480 e. The van der Waals surface area contributed by atoms with Gasteiger partial charge in [0.05, 0.1) is 19.7 Å². The number of methoxy groups -OCH3 is 1. The second-order valence-electron chi connectivity index (χ2n) is 4.16. The predicted octanol–water partition coefficient (Wildman–Crippen LogP) is 1.42. The Kier molecular flexibility index (Phi) is 7.21. The van der Waals surface area contributed by atoms with E-state index in [1.807, 2.05) is 6.07 Å². The maximum atomic E-state index is 11.9. The third kappa shape index (κ3) is 6.65. The number of amides is 1. The van der Waals surface area contributed by atoms with Gasteiger partial charge in [-0.3, -0.25) is 14.5 Å². The zero-order valence-corrected chi connectivity index (χ0v) is 12.7. The summed E-state index contributed by atoms with van der Waals surface area (Å²) in [4.78, 5) is 24.1. The summed E-state index contributed by atoms with van der Waals surface area (Å²) < 4.78 is 5.76. The molecule has 1 rings (SSSR count). The Bertz CT molecular complexity index is 467. The topological polar surface area (TPSA) is 78.9 Å². The van der Waals surface area contributed by atoms with Gasteiger partial charge in [0, 0.05) is 23.8 Å². The second-order valence-corrected chi connectivity index (χ2v) is 5.07. The van der Waals surface area contributed by atoms with E-state index in [1.54, 1.807) is 18.2 Å². The van der Waals surface area contributed by atoms with Crippen molar-refractivity contribution in [2.24, 2.45) is 0 Å². The van der Waals surface area contributed by atoms with Crippen molar-refractivity contribution in [1.29, 1.82) is 0 Å². The Morgan fingerprint density at radius 1 is 1.40 bits per heavy atom. The van der Waals surface area contributed by atoms with E-state index in [9.17, 15) is 9.59 Å². The fourth-order valence-corrected chi connectivity index (χ4v) is 1.99. The van der Waals surface area contributed by atoms with E-state index in [2.05, 4.69) is 21.2 Å². The molecule has 0 fully saturated rings. The summed E-state index contributed by atoms with van der Waals surface area (Å²) in [6, 6.07) is 7.19. The van der Waals surface area contributed by atoms with Crippen molar-refractivity contribution in [2.75, 3.05) is 38.7 Å². The lowest BCUT2D eigenvalue weighted by Gasteiger charge is -2.19. The zero-order chi connectivity index (χ0) is 15.0. The minimum Gasteiger partial charge on any atom is -0.480 e. The molecule has 0 unspecified atom stereocenters. The number of nitrogens with one attached hydrogen (secondary N) is 1. The van der Waals surface area contributed by atoms with Crippen LogP contribution in [-0.2, 0) is 14.3 Å². The second kappa shape index (κ2) is 8.68. The van der Waals surface area contributed by atoms with E-state index in [4.69, 9.17) is 9.84 Å². The summed E-state index contributed by atoms with van der Waals surface area (Å²) in [7, 11) is 1.53. The number of anilines is 1. The minimum absolute atomic E-state index is 0.00216. The zero-order valence-electron chi connectivity index (χ0n) is 11.1. The number of benzene rings is 1. The van der Waals surface area contributed by atoms with E-state index in [0.717, 1.165) is 4.47 Å². The average Bonchev–Trinajstić information content (AvgIpc) is 2.35. The van der Waals surface area contributed by atoms with Crippen molar-refractivity contribution in [3.8, 4) is 0 Å². The van der Waals surface area contributed by atoms with Crippen LogP contribution in [0, 0.1) is 0 Å². The third-order valence-corrected chi connectivity index (χ3v) is 2.94. The number of nitrogens with zero attached hydrogens (tertiary/aromatic N) is 1. The van der Waals surface area contributed by atoms with Gasteiger partial charge in [-0.25, -0.2) is 0 Å². The summed E-state index contributed by atoms with van der Waals surface area (Å²) in [6.07, 6.45) is 0. The molecule has 2 N–H and O–H groups in total. The number of carboxylic acid groups (broad SMARTS) is 1. The fourth-order valence-electron chi connectivity index (χ4n) is 1.60. The number of aliphatic carboxylic acids is 1. The van der Waals surface area contributed by atoms with Crippen molar-refractivity contribution in [3.05, 3.63) is 28.7 Å². The number of ether oxygens (including phenoxy) is 1. The van der Waals surface area contributed by atoms with Gasteiger partial charge in [-0.2, -0.15) is 0 Å². The molecule has 7 heteroatoms. The molecular weight excluding hydrogens is 328 g/mol. The number of carboxylic acids is 1. The lowest BCUT2D eigenvalue weighted by atomic mass is 10.3. The van der Waals surface area contributed by atoms with Crippen LogP contribution in [0.3, 0.4) is 0 Å². The van der Waals surface area contributed by atoms with Crippen molar-refractivity contribution in [1.82, 2.24) is 4.90 Å². The van der Waals surface area contributed by atoms with Crippen LogP contribution in [0.5, 0.6) is 0 Å². The Hall–Kier alpha value is -1.44. The molecule has 0 bridgehead atoms. The van der Waals surface area contributed by atoms with Gasteiger partial charge in [-0.1, -0.05) is 22.0 Å². The quantitative estimate of drug-likeness (QED) is 0.745. The normalized spacial score (nSPS) is 10.6. The number of carbonyl (C=O) groups is 2. The van der Waals surface area contributed by atoms with Crippen LogP contribution < -0.4 is 5.32 Å². The molecule has 0 heterocycles. The van der Waals surface area contributed by atoms with Crippen LogP contribution in [0.1, 0.15) is 0 Å². The highest BCUT2D eigenvalue weighted by Crippen LogP contribution is 2.15. The van der Waals surface area contributed by atoms with Gasteiger partial charge in [-0.05, 0) is 18.2 Å². The molecule has 0 aliphatic rings. The van der Waals surface area contributed by atoms with Crippen LogP contribution >= 0.6 is 15.9 Å². The maximum absolute atomic E-state index is 11.9. The first kappa shape index (κ1) is 16.6. The number of halogens is 1. The minimum atomic E-state index is -0.976. The molecule has 110 valence electrons.